The van der Waals surface area contributed by atoms with Gasteiger partial charge in [0.15, 0.2) is 0 Å². The van der Waals surface area contributed by atoms with Gasteiger partial charge in [-0.2, -0.15) is 5.10 Å². The van der Waals surface area contributed by atoms with Crippen molar-refractivity contribution in [1.29, 1.82) is 0 Å². The molecule has 0 bridgehead atoms. The van der Waals surface area contributed by atoms with Crippen LogP contribution in [-0.2, 0) is 4.74 Å². The number of unbranched alkanes of at least 4 members (excludes halogenated alkanes) is 1. The van der Waals surface area contributed by atoms with Crippen LogP contribution in [0.3, 0.4) is 0 Å². The van der Waals surface area contributed by atoms with E-state index in [0.717, 1.165) is 19.3 Å². The number of hydrazone groups is 1. The Hall–Kier alpha value is -1.79. The van der Waals surface area contributed by atoms with E-state index in [4.69, 9.17) is 4.74 Å². The average Bonchev–Trinajstić information content (AvgIpc) is 2.32. The first-order valence-corrected chi connectivity index (χ1v) is 7.15. The van der Waals surface area contributed by atoms with Gasteiger partial charge in [-0.1, -0.05) is 19.8 Å². The predicted octanol–water partition coefficient (Wildman–Crippen LogP) is 2.33. The lowest BCUT2D eigenvalue weighted by molar-refractivity contribution is 0.0517. The highest BCUT2D eigenvalue weighted by molar-refractivity contribution is 5.77. The molecule has 0 spiro atoms. The van der Waals surface area contributed by atoms with Gasteiger partial charge in [0, 0.05) is 20.3 Å². The van der Waals surface area contributed by atoms with Gasteiger partial charge in [0.1, 0.15) is 5.60 Å². The van der Waals surface area contributed by atoms with E-state index in [9.17, 15) is 9.59 Å². The number of carbonyl (C=O) groups is 2. The summed E-state index contributed by atoms with van der Waals surface area (Å²) in [5.41, 5.74) is 1.83. The van der Waals surface area contributed by atoms with Gasteiger partial charge in [0.2, 0.25) is 0 Å². The van der Waals surface area contributed by atoms with Gasteiger partial charge in [-0.05, 0) is 27.2 Å². The van der Waals surface area contributed by atoms with Gasteiger partial charge < -0.3 is 15.0 Å². The lowest BCUT2D eigenvalue weighted by Gasteiger charge is -2.22. The molecular weight excluding hydrogens is 272 g/mol. The number of carbonyl (C=O) groups excluding carboxylic acids is 2. The van der Waals surface area contributed by atoms with Crippen molar-refractivity contribution < 1.29 is 14.3 Å². The standard InChI is InChI=1S/C14H28N4O3/c1-7-8-9-11(10-15-17-12(19)18(5)6)16-13(20)21-14(2,3)4/h10-11H,7-9H2,1-6H3,(H,16,20)(H,17,19)/b15-10+/t11-/m0/s1. The summed E-state index contributed by atoms with van der Waals surface area (Å²) in [5, 5.41) is 6.59. The first-order chi connectivity index (χ1) is 9.65. The zero-order chi connectivity index (χ0) is 16.5. The Morgan fingerprint density at radius 2 is 1.95 bits per heavy atom. The van der Waals surface area contributed by atoms with Crippen molar-refractivity contribution in [2.45, 2.75) is 58.6 Å². The quantitative estimate of drug-likeness (QED) is 0.583. The minimum Gasteiger partial charge on any atom is -0.444 e. The molecule has 0 radical (unpaired) electrons. The molecule has 0 aromatic rings. The molecule has 7 heteroatoms. The Labute approximate surface area is 127 Å². The largest absolute Gasteiger partial charge is 0.444 e. The van der Waals surface area contributed by atoms with Crippen LogP contribution in [-0.4, -0.2) is 49.0 Å². The van der Waals surface area contributed by atoms with Gasteiger partial charge in [0.05, 0.1) is 6.04 Å². The Bertz CT molecular complexity index is 362. The first-order valence-electron chi connectivity index (χ1n) is 7.15. The summed E-state index contributed by atoms with van der Waals surface area (Å²) < 4.78 is 5.21. The van der Waals surface area contributed by atoms with Crippen LogP contribution in [0.5, 0.6) is 0 Å². The van der Waals surface area contributed by atoms with Crippen molar-refractivity contribution in [3.05, 3.63) is 0 Å². The summed E-state index contributed by atoms with van der Waals surface area (Å²) in [4.78, 5) is 24.5. The number of nitrogens with one attached hydrogen (secondary N) is 2. The van der Waals surface area contributed by atoms with E-state index in [2.05, 4.69) is 22.8 Å². The molecule has 1 atom stereocenters. The fraction of sp³-hybridized carbons (Fsp3) is 0.786. The van der Waals surface area contributed by atoms with Crippen LogP contribution >= 0.6 is 0 Å². The normalized spacial score (nSPS) is 12.9. The van der Waals surface area contributed by atoms with Crippen molar-refractivity contribution in [1.82, 2.24) is 15.6 Å². The van der Waals surface area contributed by atoms with Crippen LogP contribution in [0.1, 0.15) is 47.0 Å². The SMILES string of the molecule is CCCC[C@@H](/C=N/NC(=O)N(C)C)NC(=O)OC(C)(C)C. The van der Waals surface area contributed by atoms with Gasteiger partial charge in [-0.15, -0.1) is 0 Å². The van der Waals surface area contributed by atoms with Gasteiger partial charge in [0.25, 0.3) is 0 Å². The minimum atomic E-state index is -0.546. The van der Waals surface area contributed by atoms with E-state index in [-0.39, 0.29) is 12.1 Å². The summed E-state index contributed by atoms with van der Waals surface area (Å²) in [6.45, 7) is 7.48. The third-order valence-corrected chi connectivity index (χ3v) is 2.39. The predicted molar refractivity (Wildman–Crippen MR) is 83.4 cm³/mol. The molecule has 0 fully saturated rings. The van der Waals surface area contributed by atoms with E-state index in [1.807, 2.05) is 0 Å². The van der Waals surface area contributed by atoms with E-state index in [0.29, 0.717) is 0 Å². The fourth-order valence-corrected chi connectivity index (χ4v) is 1.35. The highest BCUT2D eigenvalue weighted by atomic mass is 16.6. The molecule has 0 heterocycles. The van der Waals surface area contributed by atoms with E-state index < -0.39 is 11.7 Å². The molecule has 0 aromatic carbocycles. The summed E-state index contributed by atoms with van der Waals surface area (Å²) >= 11 is 0. The second-order valence-corrected chi connectivity index (χ2v) is 5.98. The van der Waals surface area contributed by atoms with Crippen molar-refractivity contribution in [2.75, 3.05) is 14.1 Å². The molecule has 3 amide bonds. The third kappa shape index (κ3) is 10.6. The molecule has 7 nitrogen and oxygen atoms in total. The zero-order valence-electron chi connectivity index (χ0n) is 13.9. The molecule has 0 saturated heterocycles. The fourth-order valence-electron chi connectivity index (χ4n) is 1.35. The summed E-state index contributed by atoms with van der Waals surface area (Å²) in [7, 11) is 3.25. The van der Waals surface area contributed by atoms with Crippen LogP contribution < -0.4 is 10.7 Å². The first kappa shape index (κ1) is 19.2. The Morgan fingerprint density at radius 1 is 1.33 bits per heavy atom. The maximum atomic E-state index is 11.7. The average molecular weight is 300 g/mol. The van der Waals surface area contributed by atoms with Crippen LogP contribution in [0.2, 0.25) is 0 Å². The monoisotopic (exact) mass is 300 g/mol. The topological polar surface area (TPSA) is 83.0 Å². The van der Waals surface area contributed by atoms with Crippen molar-refractivity contribution >= 4 is 18.3 Å². The van der Waals surface area contributed by atoms with Gasteiger partial charge >= 0.3 is 12.1 Å². The number of urea groups is 1. The molecule has 0 unspecified atom stereocenters. The molecule has 0 aliphatic rings. The highest BCUT2D eigenvalue weighted by Gasteiger charge is 2.18. The summed E-state index contributed by atoms with van der Waals surface area (Å²) in [6, 6.07) is -0.597. The Kier molecular flexibility index (Phi) is 8.42. The van der Waals surface area contributed by atoms with Crippen LogP contribution in [0.4, 0.5) is 9.59 Å². The number of ether oxygens (including phenoxy) is 1. The minimum absolute atomic E-state index is 0.276. The lowest BCUT2D eigenvalue weighted by atomic mass is 10.1. The molecular formula is C14H28N4O3. The van der Waals surface area contributed by atoms with Crippen LogP contribution in [0, 0.1) is 0 Å². The summed E-state index contributed by atoms with van der Waals surface area (Å²) in [6.07, 6.45) is 3.70. The molecule has 21 heavy (non-hydrogen) atoms. The van der Waals surface area contributed by atoms with Crippen molar-refractivity contribution in [3.8, 4) is 0 Å². The molecule has 2 N–H and O–H groups in total. The van der Waals surface area contributed by atoms with Gasteiger partial charge in [-0.25, -0.2) is 15.0 Å². The van der Waals surface area contributed by atoms with Crippen LogP contribution in [0.25, 0.3) is 0 Å². The molecule has 122 valence electrons. The molecule has 0 aliphatic carbocycles. The summed E-state index contributed by atoms with van der Waals surface area (Å²) in [5.74, 6) is 0. The number of amides is 3. The third-order valence-electron chi connectivity index (χ3n) is 2.39. The zero-order valence-corrected chi connectivity index (χ0v) is 13.9. The number of alkyl carbamates (subject to hydrolysis) is 1. The second-order valence-electron chi connectivity index (χ2n) is 5.98. The molecule has 0 aliphatic heterocycles. The Balaban J connectivity index is 4.47. The maximum Gasteiger partial charge on any atom is 0.408 e. The number of rotatable bonds is 6. The Morgan fingerprint density at radius 3 is 2.43 bits per heavy atom. The van der Waals surface area contributed by atoms with Crippen molar-refractivity contribution in [3.63, 3.8) is 0 Å². The number of hydrogen-bond acceptors (Lipinski definition) is 4. The van der Waals surface area contributed by atoms with E-state index in [1.54, 1.807) is 34.9 Å². The van der Waals surface area contributed by atoms with Crippen LogP contribution in [0.15, 0.2) is 5.10 Å². The lowest BCUT2D eigenvalue weighted by Crippen LogP contribution is -2.40. The highest BCUT2D eigenvalue weighted by Crippen LogP contribution is 2.07. The van der Waals surface area contributed by atoms with Gasteiger partial charge in [-0.3, -0.25) is 0 Å². The van der Waals surface area contributed by atoms with E-state index in [1.165, 1.54) is 11.1 Å². The molecule has 0 rings (SSSR count). The number of hydrogen-bond donors (Lipinski definition) is 2. The number of nitrogens with zero attached hydrogens (tertiary/aromatic N) is 2. The smallest absolute Gasteiger partial charge is 0.408 e. The maximum absolute atomic E-state index is 11.7. The van der Waals surface area contributed by atoms with E-state index >= 15 is 0 Å². The second kappa shape index (κ2) is 9.20. The van der Waals surface area contributed by atoms with Crippen molar-refractivity contribution in [2.24, 2.45) is 5.10 Å². The molecule has 0 aromatic heterocycles. The molecule has 0 saturated carbocycles.